The van der Waals surface area contributed by atoms with E-state index in [9.17, 15) is 13.6 Å². The van der Waals surface area contributed by atoms with E-state index in [2.05, 4.69) is 4.98 Å². The first-order chi connectivity index (χ1) is 5.63. The van der Waals surface area contributed by atoms with Crippen molar-refractivity contribution in [3.05, 3.63) is 10.9 Å². The minimum absolute atomic E-state index is 0.110. The fraction of sp³-hybridized carbons (Fsp3) is 0. The smallest absolute Gasteiger partial charge is 0.424 e. The Morgan fingerprint density at radius 3 is 2.83 bits per heavy atom. The second kappa shape index (κ2) is 3.61. The summed E-state index contributed by atoms with van der Waals surface area (Å²) in [5.74, 6) is -0.110. The quantitative estimate of drug-likeness (QED) is 0.709. The van der Waals surface area contributed by atoms with E-state index in [1.165, 1.54) is 10.9 Å². The Morgan fingerprint density at radius 1 is 1.83 bits per heavy atom. The molecule has 0 aliphatic heterocycles. The third-order valence-electron chi connectivity index (χ3n) is 0.950. The van der Waals surface area contributed by atoms with Crippen LogP contribution in [0.1, 0.15) is 0 Å². The molecular weight excluding hydrogens is 204 g/mol. The fourth-order valence-electron chi connectivity index (χ4n) is 0.545. The van der Waals surface area contributed by atoms with Crippen LogP contribution >= 0.6 is 11.3 Å². The first-order valence-corrected chi connectivity index (χ1v) is 4.61. The highest BCUT2D eigenvalue weighted by molar-refractivity contribution is 7.81. The van der Waals surface area contributed by atoms with Crippen molar-refractivity contribution in [2.24, 2.45) is 0 Å². The van der Waals surface area contributed by atoms with Gasteiger partial charge in [-0.1, -0.05) is 0 Å². The van der Waals surface area contributed by atoms with E-state index in [1.54, 1.807) is 0 Å². The fourth-order valence-corrected chi connectivity index (χ4v) is 1.51. The number of aromatic nitrogens is 1. The first-order valence-electron chi connectivity index (χ1n) is 2.63. The molecule has 6 nitrogen and oxygen atoms in total. The normalized spacial score (nSPS) is 12.4. The second-order valence-electron chi connectivity index (χ2n) is 1.64. The average molecular weight is 207 g/mol. The third kappa shape index (κ3) is 1.78. The van der Waals surface area contributed by atoms with Gasteiger partial charge in [-0.2, -0.15) is 4.31 Å². The summed E-state index contributed by atoms with van der Waals surface area (Å²) >= 11 is -1.72. The molecular formula is C4H3N2O4S2-. The van der Waals surface area contributed by atoms with Crippen molar-refractivity contribution in [2.75, 3.05) is 4.31 Å². The highest BCUT2D eigenvalue weighted by Crippen LogP contribution is 2.14. The molecule has 0 saturated carbocycles. The van der Waals surface area contributed by atoms with Crippen LogP contribution in [-0.2, 0) is 11.3 Å². The van der Waals surface area contributed by atoms with E-state index in [0.717, 1.165) is 11.3 Å². The summed E-state index contributed by atoms with van der Waals surface area (Å²) in [5, 5.41) is 9.74. The van der Waals surface area contributed by atoms with Crippen molar-refractivity contribution in [3.8, 4) is 0 Å². The molecule has 0 aliphatic rings. The molecule has 0 saturated heterocycles. The Labute approximate surface area is 73.9 Å². The maximum Gasteiger partial charge on any atom is 0.424 e. The van der Waals surface area contributed by atoms with Crippen molar-refractivity contribution in [1.82, 2.24) is 4.98 Å². The molecule has 0 bridgehead atoms. The molecule has 1 N–H and O–H groups in total. The zero-order valence-corrected chi connectivity index (χ0v) is 7.17. The van der Waals surface area contributed by atoms with Crippen LogP contribution in [0.15, 0.2) is 10.9 Å². The number of anilines is 1. The Bertz CT molecular complexity index is 284. The standard InChI is InChI=1S/C4H4N2O4S2/c7-4(8)6(12(9)10)3-1-11-2-5-3/h1-2H,(H,7,8)(H,9,10)/p-1. The lowest BCUT2D eigenvalue weighted by atomic mass is 10.8. The van der Waals surface area contributed by atoms with Crippen LogP contribution in [0, 0.1) is 0 Å². The molecule has 0 spiro atoms. The maximum atomic E-state index is 10.3. The van der Waals surface area contributed by atoms with Gasteiger partial charge in [-0.3, -0.25) is 4.21 Å². The molecule has 12 heavy (non-hydrogen) atoms. The lowest BCUT2D eigenvalue weighted by molar-refractivity contribution is 0.205. The van der Waals surface area contributed by atoms with Gasteiger partial charge in [0.15, 0.2) is 5.82 Å². The predicted molar refractivity (Wildman–Crippen MR) is 41.5 cm³/mol. The lowest BCUT2D eigenvalue weighted by Crippen LogP contribution is -2.31. The molecule has 1 atom stereocenters. The minimum Gasteiger partial charge on any atom is -0.755 e. The number of hydrogen-bond acceptors (Lipinski definition) is 5. The molecule has 1 aromatic heterocycles. The number of hydrogen-bond donors (Lipinski definition) is 1. The molecule has 1 unspecified atom stereocenters. The van der Waals surface area contributed by atoms with E-state index in [1.807, 2.05) is 0 Å². The van der Waals surface area contributed by atoms with E-state index in [4.69, 9.17) is 5.11 Å². The van der Waals surface area contributed by atoms with Gasteiger partial charge < -0.3 is 9.66 Å². The van der Waals surface area contributed by atoms with Crippen molar-refractivity contribution in [1.29, 1.82) is 0 Å². The van der Waals surface area contributed by atoms with Crippen LogP contribution in [0.2, 0.25) is 0 Å². The molecule has 1 rings (SSSR count). The van der Waals surface area contributed by atoms with Gasteiger partial charge in [0, 0.05) is 5.38 Å². The van der Waals surface area contributed by atoms with Gasteiger partial charge in [-0.25, -0.2) is 9.78 Å². The van der Waals surface area contributed by atoms with Crippen LogP contribution in [0.5, 0.6) is 0 Å². The molecule has 1 heterocycles. The number of amides is 1. The first kappa shape index (κ1) is 9.10. The van der Waals surface area contributed by atoms with Crippen LogP contribution in [-0.4, -0.2) is 24.9 Å². The molecule has 1 amide bonds. The molecule has 8 heteroatoms. The van der Waals surface area contributed by atoms with Crippen LogP contribution in [0.25, 0.3) is 0 Å². The minimum atomic E-state index is -2.83. The Balaban J connectivity index is 2.96. The largest absolute Gasteiger partial charge is 0.755 e. The van der Waals surface area contributed by atoms with Gasteiger partial charge in [-0.05, 0) is 0 Å². The van der Waals surface area contributed by atoms with Crippen LogP contribution < -0.4 is 4.31 Å². The van der Waals surface area contributed by atoms with Crippen molar-refractivity contribution in [2.45, 2.75) is 0 Å². The monoisotopic (exact) mass is 207 g/mol. The summed E-state index contributed by atoms with van der Waals surface area (Å²) < 4.78 is 20.8. The number of carboxylic acid groups (broad SMARTS) is 1. The van der Waals surface area contributed by atoms with Gasteiger partial charge in [0.05, 0.1) is 16.8 Å². The second-order valence-corrected chi connectivity index (χ2v) is 3.16. The Morgan fingerprint density at radius 2 is 2.50 bits per heavy atom. The summed E-state index contributed by atoms with van der Waals surface area (Å²) in [4.78, 5) is 13.9. The molecule has 0 aromatic carbocycles. The van der Waals surface area contributed by atoms with Gasteiger partial charge >= 0.3 is 6.09 Å². The molecule has 0 radical (unpaired) electrons. The molecule has 0 aliphatic carbocycles. The zero-order chi connectivity index (χ0) is 9.14. The van der Waals surface area contributed by atoms with Gasteiger partial charge in [0.2, 0.25) is 0 Å². The van der Waals surface area contributed by atoms with E-state index in [-0.39, 0.29) is 10.1 Å². The molecule has 66 valence electrons. The predicted octanol–water partition coefficient (Wildman–Crippen LogP) is 0.422. The van der Waals surface area contributed by atoms with E-state index in [0.29, 0.717) is 0 Å². The van der Waals surface area contributed by atoms with E-state index < -0.39 is 17.4 Å². The number of nitrogens with zero attached hydrogens (tertiary/aromatic N) is 2. The van der Waals surface area contributed by atoms with Gasteiger partial charge in [0.25, 0.3) is 0 Å². The van der Waals surface area contributed by atoms with Crippen molar-refractivity contribution in [3.63, 3.8) is 0 Å². The number of carbonyl (C=O) groups is 1. The Kier molecular flexibility index (Phi) is 2.74. The maximum absolute atomic E-state index is 10.3. The Hall–Kier alpha value is -0.990. The van der Waals surface area contributed by atoms with Gasteiger partial charge in [-0.15, -0.1) is 11.3 Å². The molecule has 1 aromatic rings. The highest BCUT2D eigenvalue weighted by atomic mass is 32.2. The summed E-state index contributed by atoms with van der Waals surface area (Å²) in [6.45, 7) is 0. The van der Waals surface area contributed by atoms with Gasteiger partial charge in [0.1, 0.15) is 0 Å². The SMILES string of the molecule is O=C(O)N(c1cscn1)S(=O)[O-]. The van der Waals surface area contributed by atoms with Crippen molar-refractivity contribution < 1.29 is 18.7 Å². The summed E-state index contributed by atoms with van der Waals surface area (Å²) in [7, 11) is 0. The lowest BCUT2D eigenvalue weighted by Gasteiger charge is -2.17. The zero-order valence-electron chi connectivity index (χ0n) is 5.54. The van der Waals surface area contributed by atoms with Crippen molar-refractivity contribution >= 4 is 34.5 Å². The topological polar surface area (TPSA) is 93.6 Å². The van der Waals surface area contributed by atoms with Crippen LogP contribution in [0.4, 0.5) is 10.6 Å². The average Bonchev–Trinajstić information content (AvgIpc) is 2.37. The third-order valence-corrected chi connectivity index (χ3v) is 2.17. The highest BCUT2D eigenvalue weighted by Gasteiger charge is 2.16. The summed E-state index contributed by atoms with van der Waals surface area (Å²) in [5.41, 5.74) is 1.35. The molecule has 0 fully saturated rings. The van der Waals surface area contributed by atoms with E-state index >= 15 is 0 Å². The van der Waals surface area contributed by atoms with Crippen LogP contribution in [0.3, 0.4) is 0 Å². The number of thiazole rings is 1. The summed E-state index contributed by atoms with van der Waals surface area (Å²) in [6.07, 6.45) is -1.57. The summed E-state index contributed by atoms with van der Waals surface area (Å²) in [6, 6.07) is 0. The number of rotatable bonds is 2.